The van der Waals surface area contributed by atoms with Crippen LogP contribution in [0.25, 0.3) is 22.6 Å². The lowest BCUT2D eigenvalue weighted by Crippen LogP contribution is -2.31. The fourth-order valence-electron chi connectivity index (χ4n) is 4.56. The van der Waals surface area contributed by atoms with Crippen molar-refractivity contribution in [1.82, 2.24) is 34.5 Å². The molecule has 0 aromatic carbocycles. The van der Waals surface area contributed by atoms with Crippen molar-refractivity contribution >= 4 is 28.7 Å². The molecule has 200 valence electrons. The fraction of sp³-hybridized carbons (Fsp3) is 0.429. The summed E-state index contributed by atoms with van der Waals surface area (Å²) < 4.78 is 1.45. The minimum atomic E-state index is -0.740. The van der Waals surface area contributed by atoms with E-state index in [9.17, 15) is 10.1 Å². The highest BCUT2D eigenvalue weighted by Gasteiger charge is 2.31. The molecule has 1 fully saturated rings. The Labute approximate surface area is 231 Å². The predicted molar refractivity (Wildman–Crippen MR) is 151 cm³/mol. The van der Waals surface area contributed by atoms with E-state index in [0.29, 0.717) is 35.9 Å². The lowest BCUT2D eigenvalue weighted by atomic mass is 10.0. The first-order valence-corrected chi connectivity index (χ1v) is 14.3. The van der Waals surface area contributed by atoms with Crippen LogP contribution in [-0.2, 0) is 13.0 Å². The van der Waals surface area contributed by atoms with Crippen molar-refractivity contribution in [2.24, 2.45) is 5.92 Å². The number of hydrogen-bond donors (Lipinski definition) is 1. The molecular weight excluding hydrogens is 510 g/mol. The molecule has 1 atom stereocenters. The number of thioether (sulfide) groups is 1. The summed E-state index contributed by atoms with van der Waals surface area (Å²) in [5.41, 5.74) is 3.74. The first kappa shape index (κ1) is 26.7. The topological polar surface area (TPSA) is 135 Å². The molecule has 0 aliphatic heterocycles. The Hall–Kier alpha value is -3.91. The van der Waals surface area contributed by atoms with Crippen molar-refractivity contribution < 1.29 is 0 Å². The van der Waals surface area contributed by atoms with Crippen LogP contribution in [-0.4, -0.2) is 40.2 Å². The van der Waals surface area contributed by atoms with Crippen molar-refractivity contribution in [3.63, 3.8) is 0 Å². The van der Waals surface area contributed by atoms with Gasteiger partial charge >= 0.3 is 0 Å². The van der Waals surface area contributed by atoms with Gasteiger partial charge in [-0.1, -0.05) is 27.7 Å². The van der Waals surface area contributed by atoms with Crippen LogP contribution in [0, 0.1) is 17.2 Å². The summed E-state index contributed by atoms with van der Waals surface area (Å²) >= 11 is 1.72. The number of aryl methyl sites for hydroxylation is 1. The molecule has 1 N–H and O–H groups in total. The lowest BCUT2D eigenvalue weighted by Gasteiger charge is -2.20. The summed E-state index contributed by atoms with van der Waals surface area (Å²) in [6, 6.07) is 5.50. The molecule has 1 unspecified atom stereocenters. The number of rotatable bonds is 10. The third-order valence-electron chi connectivity index (χ3n) is 6.70. The van der Waals surface area contributed by atoms with Crippen LogP contribution in [0.1, 0.15) is 69.6 Å². The standard InChI is InChI=1S/C28H31N9OS/c1-5-20-23(24(17-7-8-17)34-15-33-20)25-32-14-21-27(36-25)37(22(11-29)16(3)4)28(38)26(35-21)31-12-18-9-10-19(13-30-18)39-6-2/h9-10,13-17,22H,5-8,12H2,1-4H3,(H,31,35). The number of anilines is 1. The van der Waals surface area contributed by atoms with Gasteiger partial charge in [-0.25, -0.2) is 24.9 Å². The molecule has 0 spiro atoms. The minimum Gasteiger partial charge on any atom is -0.360 e. The van der Waals surface area contributed by atoms with Crippen LogP contribution in [0.15, 0.2) is 40.5 Å². The van der Waals surface area contributed by atoms with E-state index in [1.165, 1.54) is 4.57 Å². The highest BCUT2D eigenvalue weighted by molar-refractivity contribution is 7.99. The van der Waals surface area contributed by atoms with Gasteiger partial charge < -0.3 is 5.32 Å². The monoisotopic (exact) mass is 541 g/mol. The molecule has 5 rings (SSSR count). The first-order chi connectivity index (χ1) is 18.9. The predicted octanol–water partition coefficient (Wildman–Crippen LogP) is 4.92. The van der Waals surface area contributed by atoms with Gasteiger partial charge in [-0.2, -0.15) is 5.26 Å². The second kappa shape index (κ2) is 11.5. The van der Waals surface area contributed by atoms with E-state index in [4.69, 9.17) is 4.98 Å². The van der Waals surface area contributed by atoms with Crippen LogP contribution in [0.2, 0.25) is 0 Å². The molecular formula is C28H31N9OS. The van der Waals surface area contributed by atoms with Gasteiger partial charge in [-0.05, 0) is 43.1 Å². The van der Waals surface area contributed by atoms with Crippen molar-refractivity contribution in [3.8, 4) is 17.5 Å². The maximum atomic E-state index is 13.8. The summed E-state index contributed by atoms with van der Waals surface area (Å²) in [6.45, 7) is 8.26. The van der Waals surface area contributed by atoms with E-state index in [2.05, 4.69) is 43.2 Å². The zero-order chi connectivity index (χ0) is 27.5. The summed E-state index contributed by atoms with van der Waals surface area (Å²) in [4.78, 5) is 42.5. The Morgan fingerprint density at radius 3 is 2.59 bits per heavy atom. The van der Waals surface area contributed by atoms with Gasteiger partial charge in [-0.3, -0.25) is 14.3 Å². The third-order valence-corrected chi connectivity index (χ3v) is 7.56. The number of nitrogens with one attached hydrogen (secondary N) is 1. The lowest BCUT2D eigenvalue weighted by molar-refractivity contribution is 0.458. The van der Waals surface area contributed by atoms with E-state index >= 15 is 0 Å². The number of fused-ring (bicyclic) bond motifs is 1. The van der Waals surface area contributed by atoms with Crippen LogP contribution in [0.3, 0.4) is 0 Å². The normalized spacial score (nSPS) is 13.9. The fourth-order valence-corrected chi connectivity index (χ4v) is 5.18. The third kappa shape index (κ3) is 5.47. The maximum absolute atomic E-state index is 13.8. The van der Waals surface area contributed by atoms with Gasteiger partial charge in [0.05, 0.1) is 41.5 Å². The van der Waals surface area contributed by atoms with Gasteiger partial charge in [0, 0.05) is 17.0 Å². The highest BCUT2D eigenvalue weighted by atomic mass is 32.2. The number of nitriles is 1. The largest absolute Gasteiger partial charge is 0.360 e. The van der Waals surface area contributed by atoms with Gasteiger partial charge in [-0.15, -0.1) is 11.8 Å². The average Bonchev–Trinajstić information content (AvgIpc) is 3.79. The smallest absolute Gasteiger partial charge is 0.296 e. The molecule has 0 saturated heterocycles. The van der Waals surface area contributed by atoms with E-state index in [1.807, 2.05) is 39.1 Å². The molecule has 0 amide bonds. The second-order valence-electron chi connectivity index (χ2n) is 9.84. The maximum Gasteiger partial charge on any atom is 0.296 e. The van der Waals surface area contributed by atoms with Gasteiger partial charge in [0.15, 0.2) is 17.3 Å². The molecule has 1 aliphatic carbocycles. The molecule has 4 heterocycles. The summed E-state index contributed by atoms with van der Waals surface area (Å²) in [6.07, 6.45) is 7.88. The van der Waals surface area contributed by atoms with E-state index in [0.717, 1.165) is 46.1 Å². The summed E-state index contributed by atoms with van der Waals surface area (Å²) in [5.74, 6) is 1.78. The molecule has 4 aromatic rings. The van der Waals surface area contributed by atoms with Gasteiger partial charge in [0.25, 0.3) is 5.56 Å². The Bertz CT molecular complexity index is 1590. The Balaban J connectivity index is 1.60. The number of hydrogen-bond acceptors (Lipinski definition) is 10. The molecule has 0 radical (unpaired) electrons. The molecule has 4 aromatic heterocycles. The molecule has 11 heteroatoms. The van der Waals surface area contributed by atoms with E-state index in [1.54, 1.807) is 24.3 Å². The Morgan fingerprint density at radius 1 is 1.13 bits per heavy atom. The molecule has 0 bridgehead atoms. The first-order valence-electron chi connectivity index (χ1n) is 13.3. The van der Waals surface area contributed by atoms with Crippen molar-refractivity contribution in [1.29, 1.82) is 5.26 Å². The zero-order valence-corrected chi connectivity index (χ0v) is 23.4. The quantitative estimate of drug-likeness (QED) is 0.275. The molecule has 39 heavy (non-hydrogen) atoms. The second-order valence-corrected chi connectivity index (χ2v) is 11.2. The van der Waals surface area contributed by atoms with Crippen molar-refractivity contribution in [3.05, 3.63) is 58.3 Å². The van der Waals surface area contributed by atoms with Crippen LogP contribution >= 0.6 is 11.8 Å². The van der Waals surface area contributed by atoms with Crippen LogP contribution in [0.5, 0.6) is 0 Å². The van der Waals surface area contributed by atoms with Gasteiger partial charge in [0.2, 0.25) is 0 Å². The summed E-state index contributed by atoms with van der Waals surface area (Å²) in [7, 11) is 0. The Morgan fingerprint density at radius 2 is 1.95 bits per heavy atom. The van der Waals surface area contributed by atoms with Crippen molar-refractivity contribution in [2.45, 2.75) is 70.4 Å². The zero-order valence-electron chi connectivity index (χ0n) is 22.5. The number of aromatic nitrogens is 7. The number of nitrogens with zero attached hydrogens (tertiary/aromatic N) is 8. The number of pyridine rings is 1. The minimum absolute atomic E-state index is 0.129. The molecule has 1 aliphatic rings. The molecule has 1 saturated carbocycles. The molecule has 10 nitrogen and oxygen atoms in total. The SMILES string of the molecule is CCSc1ccc(CNc2nc3cnc(-c4c(CC)ncnc4C4CC4)nc3n(C(C#N)C(C)C)c2=O)nc1. The Kier molecular flexibility index (Phi) is 7.84. The summed E-state index contributed by atoms with van der Waals surface area (Å²) in [5, 5.41) is 13.2. The van der Waals surface area contributed by atoms with Crippen LogP contribution in [0.4, 0.5) is 5.82 Å². The van der Waals surface area contributed by atoms with Gasteiger partial charge in [0.1, 0.15) is 17.9 Å². The highest BCUT2D eigenvalue weighted by Crippen LogP contribution is 2.43. The van der Waals surface area contributed by atoms with E-state index < -0.39 is 11.6 Å². The average molecular weight is 542 g/mol. The van der Waals surface area contributed by atoms with Crippen LogP contribution < -0.4 is 10.9 Å². The van der Waals surface area contributed by atoms with Crippen molar-refractivity contribution in [2.75, 3.05) is 11.1 Å². The van der Waals surface area contributed by atoms with E-state index in [-0.39, 0.29) is 11.7 Å².